The summed E-state index contributed by atoms with van der Waals surface area (Å²) in [5.74, 6) is 0.935. The Morgan fingerprint density at radius 1 is 1.28 bits per heavy atom. The summed E-state index contributed by atoms with van der Waals surface area (Å²) in [6.45, 7) is 0.958. The standard InChI is InChI=1S/C20H30FN3O/c1-24(2)12-16-7-6-13(8-18(16)21)11-23-20(25)17-9-14-4-3-5-15(10-17)19(14)22/h6-8,14-15,17,19H,3-5,9-12,22H2,1-2H3,(H,23,25). The van der Waals surface area contributed by atoms with Gasteiger partial charge in [-0.1, -0.05) is 18.6 Å². The number of carbonyl (C=O) groups is 1. The summed E-state index contributed by atoms with van der Waals surface area (Å²) in [6.07, 6.45) is 5.36. The first-order valence-corrected chi connectivity index (χ1v) is 9.39. The molecule has 2 aliphatic carbocycles. The predicted octanol–water partition coefficient (Wildman–Crippen LogP) is 2.66. The van der Waals surface area contributed by atoms with Crippen LogP contribution in [0.5, 0.6) is 0 Å². The average molecular weight is 347 g/mol. The lowest BCUT2D eigenvalue weighted by Crippen LogP contribution is -2.49. The van der Waals surface area contributed by atoms with Crippen LogP contribution >= 0.6 is 0 Å². The number of hydrogen-bond donors (Lipinski definition) is 2. The van der Waals surface area contributed by atoms with Crippen LogP contribution in [0.15, 0.2) is 18.2 Å². The lowest BCUT2D eigenvalue weighted by atomic mass is 9.65. The van der Waals surface area contributed by atoms with Gasteiger partial charge in [0.1, 0.15) is 5.82 Å². The van der Waals surface area contributed by atoms with Gasteiger partial charge in [-0.25, -0.2) is 4.39 Å². The molecule has 1 aromatic rings. The van der Waals surface area contributed by atoms with Gasteiger partial charge in [0.2, 0.25) is 5.91 Å². The Morgan fingerprint density at radius 2 is 1.96 bits per heavy atom. The van der Waals surface area contributed by atoms with E-state index in [-0.39, 0.29) is 23.7 Å². The van der Waals surface area contributed by atoms with E-state index in [1.165, 1.54) is 12.5 Å². The summed E-state index contributed by atoms with van der Waals surface area (Å²) >= 11 is 0. The summed E-state index contributed by atoms with van der Waals surface area (Å²) in [6, 6.07) is 5.51. The number of nitrogens with two attached hydrogens (primary N) is 1. The van der Waals surface area contributed by atoms with Gasteiger partial charge < -0.3 is 16.0 Å². The van der Waals surface area contributed by atoms with Crippen molar-refractivity contribution in [2.75, 3.05) is 14.1 Å². The van der Waals surface area contributed by atoms with E-state index < -0.39 is 0 Å². The number of carbonyl (C=O) groups excluding carboxylic acids is 1. The summed E-state index contributed by atoms with van der Waals surface area (Å²) in [5, 5.41) is 3.00. The minimum absolute atomic E-state index is 0.0629. The summed E-state index contributed by atoms with van der Waals surface area (Å²) < 4.78 is 14.1. The van der Waals surface area contributed by atoms with E-state index in [4.69, 9.17) is 5.73 Å². The van der Waals surface area contributed by atoms with E-state index in [0.717, 1.165) is 31.2 Å². The zero-order chi connectivity index (χ0) is 18.0. The highest BCUT2D eigenvalue weighted by Crippen LogP contribution is 2.41. The molecule has 0 heterocycles. The van der Waals surface area contributed by atoms with Crippen LogP contribution in [0.4, 0.5) is 4.39 Å². The molecule has 2 unspecified atom stereocenters. The van der Waals surface area contributed by atoms with Crippen molar-refractivity contribution in [3.63, 3.8) is 0 Å². The molecule has 1 amide bonds. The molecule has 0 aliphatic heterocycles. The van der Waals surface area contributed by atoms with Crippen molar-refractivity contribution in [1.82, 2.24) is 10.2 Å². The van der Waals surface area contributed by atoms with Gasteiger partial charge in [0.15, 0.2) is 0 Å². The fourth-order valence-electron chi connectivity index (χ4n) is 4.51. The minimum Gasteiger partial charge on any atom is -0.352 e. The molecule has 0 saturated heterocycles. The molecule has 2 atom stereocenters. The van der Waals surface area contributed by atoms with Gasteiger partial charge >= 0.3 is 0 Å². The van der Waals surface area contributed by atoms with Crippen LogP contribution in [-0.4, -0.2) is 30.9 Å². The van der Waals surface area contributed by atoms with Gasteiger partial charge in [0, 0.05) is 30.6 Å². The number of fused-ring (bicyclic) bond motifs is 2. The zero-order valence-corrected chi connectivity index (χ0v) is 15.3. The van der Waals surface area contributed by atoms with E-state index in [2.05, 4.69) is 5.32 Å². The Bertz CT molecular complexity index is 605. The maximum Gasteiger partial charge on any atom is 0.223 e. The summed E-state index contributed by atoms with van der Waals surface area (Å²) in [4.78, 5) is 14.5. The second-order valence-corrected chi connectivity index (χ2v) is 8.08. The molecule has 2 bridgehead atoms. The fraction of sp³-hybridized carbons (Fsp3) is 0.650. The molecular formula is C20H30FN3O. The summed E-state index contributed by atoms with van der Waals surface area (Å²) in [7, 11) is 3.83. The number of rotatable bonds is 5. The SMILES string of the molecule is CN(C)Cc1ccc(CNC(=O)C2CC3CCCC(C2)C3N)cc1F. The Balaban J connectivity index is 1.55. The van der Waals surface area contributed by atoms with Crippen LogP contribution in [-0.2, 0) is 17.9 Å². The smallest absolute Gasteiger partial charge is 0.223 e. The van der Waals surface area contributed by atoms with Crippen molar-refractivity contribution in [2.45, 2.75) is 51.2 Å². The third kappa shape index (κ3) is 4.39. The largest absolute Gasteiger partial charge is 0.352 e. The fourth-order valence-corrected chi connectivity index (χ4v) is 4.51. The maximum atomic E-state index is 14.1. The Hall–Kier alpha value is -1.46. The van der Waals surface area contributed by atoms with Crippen LogP contribution in [0, 0.1) is 23.6 Å². The van der Waals surface area contributed by atoms with Gasteiger partial charge in [-0.05, 0) is 63.2 Å². The normalized spacial score (nSPS) is 28.8. The van der Waals surface area contributed by atoms with Crippen LogP contribution in [0.25, 0.3) is 0 Å². The van der Waals surface area contributed by atoms with Gasteiger partial charge in [-0.15, -0.1) is 0 Å². The zero-order valence-electron chi connectivity index (χ0n) is 15.3. The van der Waals surface area contributed by atoms with Crippen molar-refractivity contribution in [1.29, 1.82) is 0 Å². The molecule has 3 rings (SSSR count). The number of nitrogens with one attached hydrogen (secondary N) is 1. The Labute approximate surface area is 150 Å². The quantitative estimate of drug-likeness (QED) is 0.861. The van der Waals surface area contributed by atoms with E-state index in [9.17, 15) is 9.18 Å². The van der Waals surface area contributed by atoms with Gasteiger partial charge in [-0.3, -0.25) is 4.79 Å². The van der Waals surface area contributed by atoms with E-state index >= 15 is 0 Å². The van der Waals surface area contributed by atoms with Gasteiger partial charge in [-0.2, -0.15) is 0 Å². The highest BCUT2D eigenvalue weighted by molar-refractivity contribution is 5.78. The first kappa shape index (κ1) is 18.3. The molecule has 25 heavy (non-hydrogen) atoms. The highest BCUT2D eigenvalue weighted by atomic mass is 19.1. The van der Waals surface area contributed by atoms with Crippen molar-refractivity contribution in [3.8, 4) is 0 Å². The maximum absolute atomic E-state index is 14.1. The molecule has 0 radical (unpaired) electrons. The number of amides is 1. The molecule has 1 aromatic carbocycles. The first-order valence-electron chi connectivity index (χ1n) is 9.39. The van der Waals surface area contributed by atoms with Crippen LogP contribution in [0.2, 0.25) is 0 Å². The number of hydrogen-bond acceptors (Lipinski definition) is 3. The van der Waals surface area contributed by atoms with Gasteiger partial charge in [0.25, 0.3) is 0 Å². The van der Waals surface area contributed by atoms with Crippen LogP contribution in [0.3, 0.4) is 0 Å². The van der Waals surface area contributed by atoms with E-state index in [1.807, 2.05) is 25.1 Å². The average Bonchev–Trinajstić information content (AvgIpc) is 2.54. The summed E-state index contributed by atoms with van der Waals surface area (Å²) in [5.41, 5.74) is 7.78. The molecule has 0 aromatic heterocycles. The van der Waals surface area contributed by atoms with Crippen LogP contribution in [0.1, 0.15) is 43.2 Å². The highest BCUT2D eigenvalue weighted by Gasteiger charge is 2.40. The third-order valence-corrected chi connectivity index (χ3v) is 5.85. The monoisotopic (exact) mass is 347 g/mol. The first-order chi connectivity index (χ1) is 11.9. The van der Waals surface area contributed by atoms with Gasteiger partial charge in [0.05, 0.1) is 0 Å². The Kier molecular flexibility index (Phi) is 5.74. The lowest BCUT2D eigenvalue weighted by Gasteiger charge is -2.43. The number of halogens is 1. The molecule has 5 heteroatoms. The van der Waals surface area contributed by atoms with Crippen molar-refractivity contribution in [2.24, 2.45) is 23.5 Å². The molecule has 138 valence electrons. The molecule has 3 N–H and O–H groups in total. The van der Waals surface area contributed by atoms with Crippen molar-refractivity contribution < 1.29 is 9.18 Å². The second kappa shape index (κ2) is 7.83. The molecule has 0 spiro atoms. The third-order valence-electron chi connectivity index (χ3n) is 5.85. The number of benzene rings is 1. The predicted molar refractivity (Wildman–Crippen MR) is 97.2 cm³/mol. The molecule has 2 aliphatic rings. The van der Waals surface area contributed by atoms with Crippen molar-refractivity contribution in [3.05, 3.63) is 35.1 Å². The second-order valence-electron chi connectivity index (χ2n) is 8.08. The minimum atomic E-state index is -0.210. The topological polar surface area (TPSA) is 58.4 Å². The molecule has 2 saturated carbocycles. The van der Waals surface area contributed by atoms with Crippen molar-refractivity contribution >= 4 is 5.91 Å². The lowest BCUT2D eigenvalue weighted by molar-refractivity contribution is -0.128. The molecular weight excluding hydrogens is 317 g/mol. The van der Waals surface area contributed by atoms with E-state index in [0.29, 0.717) is 30.5 Å². The Morgan fingerprint density at radius 3 is 2.56 bits per heavy atom. The molecule has 2 fully saturated rings. The number of nitrogens with zero attached hydrogens (tertiary/aromatic N) is 1. The molecule has 4 nitrogen and oxygen atoms in total. The van der Waals surface area contributed by atoms with Crippen LogP contribution < -0.4 is 11.1 Å². The van der Waals surface area contributed by atoms with E-state index in [1.54, 1.807) is 6.07 Å².